The van der Waals surface area contributed by atoms with E-state index in [-0.39, 0.29) is 16.4 Å². The quantitative estimate of drug-likeness (QED) is 0.733. The number of nitrogens with zero attached hydrogens (tertiary/aromatic N) is 1. The van der Waals surface area contributed by atoms with Gasteiger partial charge in [-0.3, -0.25) is 4.79 Å². The zero-order chi connectivity index (χ0) is 12.7. The Morgan fingerprint density at radius 2 is 1.50 bits per heavy atom. The third-order valence-corrected chi connectivity index (χ3v) is 2.50. The molecule has 0 aliphatic carbocycles. The maximum atomic E-state index is 12.1. The van der Waals surface area contributed by atoms with Crippen LogP contribution >= 0.6 is 0 Å². The molecular weight excluding hydrogens is 200 g/mol. The minimum absolute atomic E-state index is 0.00933. The second kappa shape index (κ2) is 3.72. The maximum Gasteiger partial charge on any atom is 0.254 e. The van der Waals surface area contributed by atoms with Gasteiger partial charge < -0.3 is 4.98 Å². The van der Waals surface area contributed by atoms with Crippen molar-refractivity contribution in [2.45, 2.75) is 59.3 Å². The first-order chi connectivity index (χ1) is 7.03. The highest BCUT2D eigenvalue weighted by Crippen LogP contribution is 2.29. The van der Waals surface area contributed by atoms with Crippen LogP contribution in [0.2, 0.25) is 0 Å². The molecule has 3 nitrogen and oxygen atoms in total. The number of aromatic amines is 1. The largest absolute Gasteiger partial charge is 0.311 e. The first kappa shape index (κ1) is 12.9. The van der Waals surface area contributed by atoms with Crippen molar-refractivity contribution in [1.82, 2.24) is 9.97 Å². The van der Waals surface area contributed by atoms with E-state index in [1.165, 1.54) is 0 Å². The van der Waals surface area contributed by atoms with Crippen LogP contribution in [0.25, 0.3) is 0 Å². The molecule has 0 fully saturated rings. The summed E-state index contributed by atoms with van der Waals surface area (Å²) in [6.45, 7) is 14.2. The Morgan fingerprint density at radius 3 is 1.88 bits per heavy atom. The molecule has 0 aliphatic heterocycles. The average Bonchev–Trinajstić information content (AvgIpc) is 1.97. The first-order valence-electron chi connectivity index (χ1n) is 5.65. The molecule has 0 saturated heterocycles. The van der Waals surface area contributed by atoms with Crippen LogP contribution < -0.4 is 5.56 Å². The van der Waals surface area contributed by atoms with E-state index < -0.39 is 0 Å². The van der Waals surface area contributed by atoms with Crippen molar-refractivity contribution in [2.75, 3.05) is 0 Å². The molecule has 1 N–H and O–H groups in total. The molecule has 0 spiro atoms. The van der Waals surface area contributed by atoms with Gasteiger partial charge in [-0.15, -0.1) is 0 Å². The molecular formula is C13H22N2O. The molecule has 0 aromatic carbocycles. The van der Waals surface area contributed by atoms with E-state index in [9.17, 15) is 4.79 Å². The lowest BCUT2D eigenvalue weighted by Crippen LogP contribution is -2.33. The lowest BCUT2D eigenvalue weighted by molar-refractivity contribution is 0.503. The molecule has 16 heavy (non-hydrogen) atoms. The Morgan fingerprint density at radius 1 is 1.00 bits per heavy atom. The molecule has 1 heterocycles. The number of aromatic nitrogens is 2. The first-order valence-corrected chi connectivity index (χ1v) is 5.65. The van der Waals surface area contributed by atoms with Crippen LogP contribution in [0.3, 0.4) is 0 Å². The molecule has 0 saturated carbocycles. The topological polar surface area (TPSA) is 45.8 Å². The molecule has 0 aliphatic rings. The van der Waals surface area contributed by atoms with Gasteiger partial charge in [-0.1, -0.05) is 41.5 Å². The summed E-state index contributed by atoms with van der Waals surface area (Å²) >= 11 is 0. The molecule has 0 amide bonds. The Bertz CT molecular complexity index is 444. The summed E-state index contributed by atoms with van der Waals surface area (Å²) in [4.78, 5) is 19.4. The van der Waals surface area contributed by atoms with Crippen molar-refractivity contribution in [1.29, 1.82) is 0 Å². The van der Waals surface area contributed by atoms with Crippen LogP contribution in [0.15, 0.2) is 4.79 Å². The standard InChI is InChI=1S/C13H22N2O/c1-8-14-10(13(5,6)7)9(11(16)15-8)12(2,3)4/h1-7H3,(H,14,15,16). The predicted molar refractivity (Wildman–Crippen MR) is 67.0 cm³/mol. The van der Waals surface area contributed by atoms with Crippen LogP contribution in [-0.2, 0) is 10.8 Å². The van der Waals surface area contributed by atoms with Gasteiger partial charge in [-0.2, -0.15) is 0 Å². The number of aryl methyl sites for hydroxylation is 1. The maximum absolute atomic E-state index is 12.1. The van der Waals surface area contributed by atoms with E-state index in [4.69, 9.17) is 0 Å². The molecule has 1 rings (SSSR count). The van der Waals surface area contributed by atoms with Crippen LogP contribution in [0.5, 0.6) is 0 Å². The smallest absolute Gasteiger partial charge is 0.254 e. The highest BCUT2D eigenvalue weighted by Gasteiger charge is 2.29. The third kappa shape index (κ3) is 2.52. The van der Waals surface area contributed by atoms with Gasteiger partial charge in [0, 0.05) is 11.0 Å². The molecule has 0 atom stereocenters. The highest BCUT2D eigenvalue weighted by atomic mass is 16.1. The van der Waals surface area contributed by atoms with Crippen molar-refractivity contribution in [2.24, 2.45) is 0 Å². The van der Waals surface area contributed by atoms with E-state index in [0.29, 0.717) is 5.82 Å². The summed E-state index contributed by atoms with van der Waals surface area (Å²) in [6, 6.07) is 0. The van der Waals surface area contributed by atoms with Crippen LogP contribution in [-0.4, -0.2) is 9.97 Å². The average molecular weight is 222 g/mol. The minimum atomic E-state index is -0.184. The second-order valence-corrected chi connectivity index (χ2v) is 6.37. The second-order valence-electron chi connectivity index (χ2n) is 6.37. The molecule has 3 heteroatoms. The fourth-order valence-electron chi connectivity index (χ4n) is 1.82. The molecule has 0 bridgehead atoms. The lowest BCUT2D eigenvalue weighted by Gasteiger charge is -2.27. The number of nitrogens with one attached hydrogen (secondary N) is 1. The Hall–Kier alpha value is -1.12. The van der Waals surface area contributed by atoms with Crippen molar-refractivity contribution < 1.29 is 0 Å². The highest BCUT2D eigenvalue weighted by molar-refractivity contribution is 5.30. The Balaban J connectivity index is 3.65. The molecule has 1 aromatic rings. The Labute approximate surface area is 97.3 Å². The number of H-pyrrole nitrogens is 1. The zero-order valence-corrected chi connectivity index (χ0v) is 11.4. The van der Waals surface area contributed by atoms with E-state index in [2.05, 4.69) is 30.7 Å². The van der Waals surface area contributed by atoms with Gasteiger partial charge in [0.25, 0.3) is 5.56 Å². The van der Waals surface area contributed by atoms with Crippen LogP contribution in [0.4, 0.5) is 0 Å². The van der Waals surface area contributed by atoms with Crippen molar-refractivity contribution >= 4 is 0 Å². The van der Waals surface area contributed by atoms with Gasteiger partial charge in [-0.25, -0.2) is 4.98 Å². The van der Waals surface area contributed by atoms with Crippen molar-refractivity contribution in [3.05, 3.63) is 27.4 Å². The summed E-state index contributed by atoms with van der Waals surface area (Å²) < 4.78 is 0. The van der Waals surface area contributed by atoms with Gasteiger partial charge in [0.15, 0.2) is 0 Å². The van der Waals surface area contributed by atoms with Gasteiger partial charge in [0.2, 0.25) is 0 Å². The number of hydrogen-bond donors (Lipinski definition) is 1. The van der Waals surface area contributed by atoms with Gasteiger partial charge in [0.05, 0.1) is 5.69 Å². The fraction of sp³-hybridized carbons (Fsp3) is 0.692. The predicted octanol–water partition coefficient (Wildman–Crippen LogP) is 2.67. The van der Waals surface area contributed by atoms with E-state index in [0.717, 1.165) is 11.3 Å². The molecule has 1 aromatic heterocycles. The van der Waals surface area contributed by atoms with Gasteiger partial charge >= 0.3 is 0 Å². The minimum Gasteiger partial charge on any atom is -0.311 e. The zero-order valence-electron chi connectivity index (χ0n) is 11.4. The monoisotopic (exact) mass is 222 g/mol. The van der Waals surface area contributed by atoms with Crippen molar-refractivity contribution in [3.63, 3.8) is 0 Å². The van der Waals surface area contributed by atoms with E-state index >= 15 is 0 Å². The molecule has 0 radical (unpaired) electrons. The van der Waals surface area contributed by atoms with Crippen molar-refractivity contribution in [3.8, 4) is 0 Å². The summed E-state index contributed by atoms with van der Waals surface area (Å²) in [5, 5.41) is 0. The molecule has 90 valence electrons. The molecule has 0 unspecified atom stereocenters. The normalized spacial score (nSPS) is 12.9. The Kier molecular flexibility index (Phi) is 3.01. The van der Waals surface area contributed by atoms with Gasteiger partial charge in [0.1, 0.15) is 5.82 Å². The van der Waals surface area contributed by atoms with Gasteiger partial charge in [-0.05, 0) is 12.3 Å². The van der Waals surface area contributed by atoms with E-state index in [1.54, 1.807) is 0 Å². The summed E-state index contributed by atoms with van der Waals surface area (Å²) in [5.41, 5.74) is 1.40. The SMILES string of the molecule is Cc1nc(C(C)(C)C)c(C(C)(C)C)c(=O)[nH]1. The fourth-order valence-corrected chi connectivity index (χ4v) is 1.82. The summed E-state index contributed by atoms with van der Waals surface area (Å²) in [6.07, 6.45) is 0. The summed E-state index contributed by atoms with van der Waals surface area (Å²) in [7, 11) is 0. The summed E-state index contributed by atoms with van der Waals surface area (Å²) in [5.74, 6) is 0.683. The van der Waals surface area contributed by atoms with Crippen LogP contribution in [0, 0.1) is 6.92 Å². The third-order valence-electron chi connectivity index (χ3n) is 2.50. The number of rotatable bonds is 0. The van der Waals surface area contributed by atoms with E-state index in [1.807, 2.05) is 27.7 Å². The van der Waals surface area contributed by atoms with Crippen LogP contribution in [0.1, 0.15) is 58.6 Å². The lowest BCUT2D eigenvalue weighted by atomic mass is 9.79. The number of hydrogen-bond acceptors (Lipinski definition) is 2.